The molecule has 0 aromatic rings. The number of hydrogen-bond donors (Lipinski definition) is 0. The van der Waals surface area contributed by atoms with E-state index in [1.165, 1.54) is 0 Å². The molecule has 0 N–H and O–H groups in total. The smallest absolute Gasteiger partial charge is 0.222 e. The first kappa shape index (κ1) is 7.82. The zero-order valence-corrected chi connectivity index (χ0v) is 5.98. The van der Waals surface area contributed by atoms with Crippen LogP contribution in [0.2, 0.25) is 0 Å². The predicted octanol–water partition coefficient (Wildman–Crippen LogP) is 0.351. The Bertz CT molecular complexity index is 94.4. The van der Waals surface area contributed by atoms with Crippen molar-refractivity contribution in [1.29, 1.82) is 0 Å². The Morgan fingerprint density at radius 1 is 1.62 bits per heavy atom. The maximum atomic E-state index is 10.5. The van der Waals surface area contributed by atoms with Crippen molar-refractivity contribution in [2.45, 2.75) is 12.8 Å². The quantitative estimate of drug-likeness (QED) is 0.467. The summed E-state index contributed by atoms with van der Waals surface area (Å²) in [4.78, 5) is 12.3. The van der Waals surface area contributed by atoms with Crippen molar-refractivity contribution in [2.24, 2.45) is 0 Å². The first-order valence-corrected chi connectivity index (χ1v) is 2.54. The number of rotatable bonds is 0. The minimum absolute atomic E-state index is 0. The normalized spacial score (nSPS) is 18.6. The van der Waals surface area contributed by atoms with E-state index in [0.717, 1.165) is 19.4 Å². The van der Waals surface area contributed by atoms with E-state index in [2.05, 4.69) is 0 Å². The van der Waals surface area contributed by atoms with Gasteiger partial charge < -0.3 is 4.90 Å². The van der Waals surface area contributed by atoms with Gasteiger partial charge in [-0.25, -0.2) is 0 Å². The first-order valence-electron chi connectivity index (χ1n) is 2.54. The number of carbonyl (C=O) groups excluding carboxylic acids is 1. The molecule has 0 spiro atoms. The van der Waals surface area contributed by atoms with Crippen LogP contribution in [0.1, 0.15) is 12.8 Å². The summed E-state index contributed by atoms with van der Waals surface area (Å²) in [7, 11) is 1.84. The summed E-state index contributed by atoms with van der Waals surface area (Å²) < 4.78 is 0. The molecule has 1 amide bonds. The van der Waals surface area contributed by atoms with E-state index in [0.29, 0.717) is 5.91 Å². The van der Waals surface area contributed by atoms with Gasteiger partial charge in [0.2, 0.25) is 5.91 Å². The summed E-state index contributed by atoms with van der Waals surface area (Å²) in [6.45, 7) is 0.957. The third-order valence-corrected chi connectivity index (χ3v) is 1.31. The van der Waals surface area contributed by atoms with Gasteiger partial charge in [0.05, 0.1) is 0 Å². The van der Waals surface area contributed by atoms with Gasteiger partial charge >= 0.3 is 0 Å². The standard InChI is InChI=1S/C5H9NO.H2S/c1-6-4-2-3-5(6)7;/h2-4H2,1H3;1H2. The van der Waals surface area contributed by atoms with Gasteiger partial charge in [-0.15, -0.1) is 0 Å². The maximum Gasteiger partial charge on any atom is 0.222 e. The van der Waals surface area contributed by atoms with E-state index < -0.39 is 0 Å². The zero-order chi connectivity index (χ0) is 5.28. The number of likely N-dealkylation sites (tertiary alicyclic amines) is 1. The number of amides is 1. The highest BCUT2D eigenvalue weighted by atomic mass is 32.1. The van der Waals surface area contributed by atoms with Crippen LogP contribution < -0.4 is 0 Å². The summed E-state index contributed by atoms with van der Waals surface area (Å²) in [5, 5.41) is 0. The molecule has 0 radical (unpaired) electrons. The summed E-state index contributed by atoms with van der Waals surface area (Å²) in [6.07, 6.45) is 1.81. The average Bonchev–Trinajstić information content (AvgIpc) is 1.91. The number of hydrogen-bond acceptors (Lipinski definition) is 1. The van der Waals surface area contributed by atoms with Crippen molar-refractivity contribution < 1.29 is 4.79 Å². The minimum Gasteiger partial charge on any atom is -0.346 e. The van der Waals surface area contributed by atoms with Gasteiger partial charge in [0.1, 0.15) is 0 Å². The highest BCUT2D eigenvalue weighted by Gasteiger charge is 2.14. The SMILES string of the molecule is CN1CCCC1=O.S. The Balaban J connectivity index is 0.000000490. The largest absolute Gasteiger partial charge is 0.346 e. The van der Waals surface area contributed by atoms with Crippen molar-refractivity contribution in [2.75, 3.05) is 13.6 Å². The summed E-state index contributed by atoms with van der Waals surface area (Å²) in [5.74, 6) is 0.292. The van der Waals surface area contributed by atoms with Crippen molar-refractivity contribution in [3.63, 3.8) is 0 Å². The lowest BCUT2D eigenvalue weighted by Gasteiger charge is -2.03. The lowest BCUT2D eigenvalue weighted by molar-refractivity contribution is -0.126. The fourth-order valence-electron chi connectivity index (χ4n) is 0.783. The second-order valence-corrected chi connectivity index (χ2v) is 1.92. The van der Waals surface area contributed by atoms with E-state index >= 15 is 0 Å². The van der Waals surface area contributed by atoms with Gasteiger partial charge in [-0.1, -0.05) is 0 Å². The monoisotopic (exact) mass is 133 g/mol. The molecule has 8 heavy (non-hydrogen) atoms. The molecule has 0 aromatic heterocycles. The molecule has 48 valence electrons. The lowest BCUT2D eigenvalue weighted by Crippen LogP contribution is -2.17. The second-order valence-electron chi connectivity index (χ2n) is 1.92. The van der Waals surface area contributed by atoms with E-state index in [1.54, 1.807) is 4.90 Å². The molecule has 0 bridgehead atoms. The van der Waals surface area contributed by atoms with Gasteiger partial charge in [-0.2, -0.15) is 13.5 Å². The van der Waals surface area contributed by atoms with Gasteiger partial charge in [0, 0.05) is 20.0 Å². The molecule has 1 aliphatic rings. The minimum atomic E-state index is 0. The molecule has 1 heterocycles. The Hall–Kier alpha value is -0.180. The van der Waals surface area contributed by atoms with E-state index in [1.807, 2.05) is 7.05 Å². The van der Waals surface area contributed by atoms with Crippen LogP contribution in [0.4, 0.5) is 0 Å². The van der Waals surface area contributed by atoms with E-state index in [9.17, 15) is 4.79 Å². The average molecular weight is 133 g/mol. The highest BCUT2D eigenvalue weighted by molar-refractivity contribution is 7.59. The fraction of sp³-hybridized carbons (Fsp3) is 0.800. The molecule has 0 unspecified atom stereocenters. The van der Waals surface area contributed by atoms with Gasteiger partial charge in [-0.3, -0.25) is 4.79 Å². The Morgan fingerprint density at radius 3 is 2.38 bits per heavy atom. The fourth-order valence-corrected chi connectivity index (χ4v) is 0.783. The number of carbonyl (C=O) groups is 1. The molecule has 2 nitrogen and oxygen atoms in total. The van der Waals surface area contributed by atoms with Crippen molar-refractivity contribution in [3.05, 3.63) is 0 Å². The molecule has 3 heteroatoms. The molecule has 1 saturated heterocycles. The topological polar surface area (TPSA) is 20.3 Å². The van der Waals surface area contributed by atoms with Crippen LogP contribution in [0.25, 0.3) is 0 Å². The van der Waals surface area contributed by atoms with Crippen molar-refractivity contribution in [1.82, 2.24) is 4.90 Å². The van der Waals surface area contributed by atoms with Crippen molar-refractivity contribution >= 4 is 19.4 Å². The van der Waals surface area contributed by atoms with Crippen LogP contribution in [0.3, 0.4) is 0 Å². The summed E-state index contributed by atoms with van der Waals surface area (Å²) >= 11 is 0. The van der Waals surface area contributed by atoms with Gasteiger partial charge in [-0.05, 0) is 6.42 Å². The highest BCUT2D eigenvalue weighted by Crippen LogP contribution is 2.04. The van der Waals surface area contributed by atoms with Crippen molar-refractivity contribution in [3.8, 4) is 0 Å². The predicted molar refractivity (Wildman–Crippen MR) is 37.3 cm³/mol. The third-order valence-electron chi connectivity index (χ3n) is 1.31. The first-order chi connectivity index (χ1) is 3.30. The molecule has 0 aliphatic carbocycles. The summed E-state index contributed by atoms with van der Waals surface area (Å²) in [5.41, 5.74) is 0. The maximum absolute atomic E-state index is 10.5. The molecule has 0 aromatic carbocycles. The molecule has 1 rings (SSSR count). The third kappa shape index (κ3) is 1.40. The van der Waals surface area contributed by atoms with Crippen LogP contribution in [-0.2, 0) is 4.79 Å². The van der Waals surface area contributed by atoms with Gasteiger partial charge in [0.15, 0.2) is 0 Å². The number of nitrogens with zero attached hydrogens (tertiary/aromatic N) is 1. The van der Waals surface area contributed by atoms with Crippen LogP contribution >= 0.6 is 13.5 Å². The van der Waals surface area contributed by atoms with E-state index in [-0.39, 0.29) is 13.5 Å². The van der Waals surface area contributed by atoms with Crippen LogP contribution in [0.15, 0.2) is 0 Å². The van der Waals surface area contributed by atoms with Gasteiger partial charge in [0.25, 0.3) is 0 Å². The Labute approximate surface area is 56.3 Å². The van der Waals surface area contributed by atoms with Crippen LogP contribution in [0.5, 0.6) is 0 Å². The Kier molecular flexibility index (Phi) is 2.90. The molecular weight excluding hydrogens is 122 g/mol. The van der Waals surface area contributed by atoms with E-state index in [4.69, 9.17) is 0 Å². The van der Waals surface area contributed by atoms with Crippen LogP contribution in [-0.4, -0.2) is 24.4 Å². The molecule has 0 atom stereocenters. The molecule has 1 fully saturated rings. The molecule has 0 saturated carbocycles. The molecule has 1 aliphatic heterocycles. The second kappa shape index (κ2) is 2.97. The lowest BCUT2D eigenvalue weighted by atomic mass is 10.4. The summed E-state index contributed by atoms with van der Waals surface area (Å²) in [6, 6.07) is 0. The molecular formula is C5H11NOS. The van der Waals surface area contributed by atoms with Crippen LogP contribution in [0, 0.1) is 0 Å². The Morgan fingerprint density at radius 2 is 2.25 bits per heavy atom. The zero-order valence-electron chi connectivity index (χ0n) is 4.98.